The molecule has 0 aliphatic heterocycles. The quantitative estimate of drug-likeness (QED) is 0.469. The Morgan fingerprint density at radius 2 is 1.76 bits per heavy atom. The van der Waals surface area contributed by atoms with Gasteiger partial charge in [-0.3, -0.25) is 4.79 Å². The second kappa shape index (κ2) is 6.84. The summed E-state index contributed by atoms with van der Waals surface area (Å²) in [6.45, 7) is 0.897. The number of carbonyl (C=O) groups excluding carboxylic acids is 1. The third-order valence-electron chi connectivity index (χ3n) is 3.61. The molecule has 158 valence electrons. The molecule has 0 radical (unpaired) electrons. The number of nitriles is 1. The predicted octanol–water partition coefficient (Wildman–Crippen LogP) is 6.34. The zero-order valence-corrected chi connectivity index (χ0v) is 17.0. The smallest absolute Gasteiger partial charge is 0.310 e. The lowest BCUT2D eigenvalue weighted by Gasteiger charge is -2.40. The topological polar surface area (TPSA) is 62.1 Å². The van der Waals surface area contributed by atoms with Gasteiger partial charge in [0.15, 0.2) is 5.54 Å². The van der Waals surface area contributed by atoms with E-state index < -0.39 is 32.4 Å². The Morgan fingerprint density at radius 1 is 1.17 bits per heavy atom. The second-order valence-corrected chi connectivity index (χ2v) is 9.52. The first-order valence-electron chi connectivity index (χ1n) is 7.69. The van der Waals surface area contributed by atoms with Crippen LogP contribution in [0.5, 0.6) is 5.75 Å². The first kappa shape index (κ1) is 22.9. The average molecular weight is 503 g/mol. The van der Waals surface area contributed by atoms with E-state index in [0.717, 1.165) is 12.1 Å². The van der Waals surface area contributed by atoms with Crippen LogP contribution in [-0.2, 0) is 0 Å². The molecule has 0 heterocycles. The fraction of sp³-hybridized carbons (Fsp3) is 0.176. The standard InChI is InChI=1S/C17H13BrF6N2O2S/c1-17(9-25,10-28-15-7-4-12(19)8-14(15)18)26-16(27)11-2-5-13(6-3-11)29(20,21,22,23)24/h2-8H,10H2,1H3,(H,26,27). The van der Waals surface area contributed by atoms with Crippen LogP contribution in [0.3, 0.4) is 0 Å². The molecule has 0 bridgehead atoms. The number of amides is 1. The molecule has 2 aromatic carbocycles. The summed E-state index contributed by atoms with van der Waals surface area (Å²) in [5.74, 6) is -1.32. The molecule has 0 aliphatic carbocycles. The van der Waals surface area contributed by atoms with E-state index in [2.05, 4.69) is 21.2 Å². The van der Waals surface area contributed by atoms with Crippen molar-refractivity contribution in [2.24, 2.45) is 0 Å². The van der Waals surface area contributed by atoms with E-state index in [1.165, 1.54) is 13.0 Å². The molecular formula is C17H13BrF6N2O2S. The van der Waals surface area contributed by atoms with Crippen molar-refractivity contribution in [3.63, 3.8) is 0 Å². The third kappa shape index (κ3) is 6.04. The number of nitrogens with zero attached hydrogens (tertiary/aromatic N) is 1. The minimum Gasteiger partial charge on any atom is -0.489 e. The highest BCUT2D eigenvalue weighted by Crippen LogP contribution is 3.02. The predicted molar refractivity (Wildman–Crippen MR) is 98.9 cm³/mol. The normalized spacial score (nSPS) is 16.0. The van der Waals surface area contributed by atoms with Crippen molar-refractivity contribution < 1.29 is 33.4 Å². The minimum atomic E-state index is -9.85. The summed E-state index contributed by atoms with van der Waals surface area (Å²) in [7, 11) is -9.85. The zero-order chi connectivity index (χ0) is 22.2. The van der Waals surface area contributed by atoms with Crippen LogP contribution in [-0.4, -0.2) is 18.1 Å². The number of hydrogen-bond donors (Lipinski definition) is 1. The monoisotopic (exact) mass is 502 g/mol. The zero-order valence-electron chi connectivity index (χ0n) is 14.6. The van der Waals surface area contributed by atoms with Gasteiger partial charge < -0.3 is 10.1 Å². The number of nitrogens with one attached hydrogen (secondary N) is 1. The first-order chi connectivity index (χ1) is 13.0. The molecule has 0 aromatic heterocycles. The van der Waals surface area contributed by atoms with Gasteiger partial charge in [0.25, 0.3) is 5.91 Å². The lowest BCUT2D eigenvalue weighted by molar-refractivity contribution is 0.0900. The van der Waals surface area contributed by atoms with Crippen molar-refractivity contribution >= 4 is 32.1 Å². The summed E-state index contributed by atoms with van der Waals surface area (Å²) in [5, 5.41) is 11.6. The highest BCUT2D eigenvalue weighted by Gasteiger charge is 2.65. The Bertz CT molecular complexity index is 993. The largest absolute Gasteiger partial charge is 0.489 e. The van der Waals surface area contributed by atoms with Crippen molar-refractivity contribution in [1.82, 2.24) is 5.32 Å². The minimum absolute atomic E-state index is 0.103. The van der Waals surface area contributed by atoms with Crippen molar-refractivity contribution in [1.29, 1.82) is 5.26 Å². The molecule has 0 fully saturated rings. The number of carbonyl (C=O) groups is 1. The van der Waals surface area contributed by atoms with Crippen LogP contribution in [0.4, 0.5) is 23.8 Å². The second-order valence-electron chi connectivity index (χ2n) is 6.25. The maximum Gasteiger partial charge on any atom is 0.310 e. The maximum absolute atomic E-state index is 13.1. The molecule has 2 aromatic rings. The van der Waals surface area contributed by atoms with Crippen LogP contribution in [0.2, 0.25) is 0 Å². The summed E-state index contributed by atoms with van der Waals surface area (Å²) >= 11 is 3.07. The number of hydrogen-bond acceptors (Lipinski definition) is 3. The Kier molecular flexibility index (Phi) is 5.40. The number of halogens is 7. The molecule has 0 saturated heterocycles. The molecule has 2 rings (SSSR count). The lowest BCUT2D eigenvalue weighted by atomic mass is 10.1. The fourth-order valence-corrected chi connectivity index (χ4v) is 3.21. The fourth-order valence-electron chi connectivity index (χ4n) is 2.10. The summed E-state index contributed by atoms with van der Waals surface area (Å²) in [6.07, 6.45) is 0. The molecule has 1 amide bonds. The number of ether oxygens (including phenoxy) is 1. The Balaban J connectivity index is 2.14. The van der Waals surface area contributed by atoms with Gasteiger partial charge in [-0.05, 0) is 65.3 Å². The van der Waals surface area contributed by atoms with Crippen LogP contribution in [0.15, 0.2) is 51.8 Å². The van der Waals surface area contributed by atoms with E-state index >= 15 is 0 Å². The molecule has 1 atom stereocenters. The van der Waals surface area contributed by atoms with E-state index in [4.69, 9.17) is 4.74 Å². The highest BCUT2D eigenvalue weighted by molar-refractivity contribution is 9.10. The Labute approximate surface area is 170 Å². The van der Waals surface area contributed by atoms with Gasteiger partial charge in [0.05, 0.1) is 10.5 Å². The van der Waals surface area contributed by atoms with E-state index in [1.807, 2.05) is 0 Å². The average Bonchev–Trinajstić information content (AvgIpc) is 2.59. The van der Waals surface area contributed by atoms with Crippen molar-refractivity contribution in [3.05, 3.63) is 58.3 Å². The molecule has 12 heteroatoms. The molecule has 29 heavy (non-hydrogen) atoms. The van der Waals surface area contributed by atoms with Crippen LogP contribution in [0, 0.1) is 17.1 Å². The van der Waals surface area contributed by atoms with Crippen molar-refractivity contribution in [2.75, 3.05) is 6.61 Å². The van der Waals surface area contributed by atoms with Gasteiger partial charge in [-0.1, -0.05) is 19.4 Å². The lowest BCUT2D eigenvalue weighted by Crippen LogP contribution is -2.49. The third-order valence-corrected chi connectivity index (χ3v) is 5.39. The van der Waals surface area contributed by atoms with E-state index in [1.54, 1.807) is 6.07 Å². The van der Waals surface area contributed by atoms with Gasteiger partial charge in [0, 0.05) is 5.56 Å². The summed E-state index contributed by atoms with van der Waals surface area (Å²) in [4.78, 5) is 10.1. The summed E-state index contributed by atoms with van der Waals surface area (Å²) in [5.41, 5.74) is -1.98. The number of benzene rings is 2. The molecule has 0 saturated carbocycles. The van der Waals surface area contributed by atoms with Crippen molar-refractivity contribution in [3.8, 4) is 11.8 Å². The Morgan fingerprint density at radius 3 is 2.24 bits per heavy atom. The SMILES string of the molecule is CC(C#N)(COc1ccc(F)cc1Br)NC(=O)c1ccc(S(F)(F)(F)(F)F)cc1. The van der Waals surface area contributed by atoms with E-state index in [0.29, 0.717) is 12.1 Å². The van der Waals surface area contributed by atoms with Crippen LogP contribution < -0.4 is 10.1 Å². The molecule has 1 N–H and O–H groups in total. The molecule has 4 nitrogen and oxygen atoms in total. The van der Waals surface area contributed by atoms with Gasteiger partial charge >= 0.3 is 10.2 Å². The van der Waals surface area contributed by atoms with Gasteiger partial charge in [-0.2, -0.15) is 5.26 Å². The van der Waals surface area contributed by atoms with Crippen LogP contribution >= 0.6 is 26.2 Å². The Hall–Kier alpha value is -2.39. The van der Waals surface area contributed by atoms with E-state index in [9.17, 15) is 33.9 Å². The number of rotatable bonds is 6. The van der Waals surface area contributed by atoms with Gasteiger partial charge in [0.1, 0.15) is 23.1 Å². The molecule has 0 aliphatic rings. The molecule has 0 spiro atoms. The first-order valence-corrected chi connectivity index (χ1v) is 10.4. The molecular weight excluding hydrogens is 490 g/mol. The maximum atomic E-state index is 13.1. The van der Waals surface area contributed by atoms with E-state index in [-0.39, 0.29) is 34.5 Å². The molecule has 1 unspecified atom stereocenters. The summed E-state index contributed by atoms with van der Waals surface area (Å²) in [6, 6.07) is 6.68. The van der Waals surface area contributed by atoms with Gasteiger partial charge in [-0.15, -0.1) is 0 Å². The van der Waals surface area contributed by atoms with Gasteiger partial charge in [-0.25, -0.2) is 4.39 Å². The highest BCUT2D eigenvalue weighted by atomic mass is 79.9. The van der Waals surface area contributed by atoms with Crippen LogP contribution in [0.25, 0.3) is 0 Å². The van der Waals surface area contributed by atoms with Crippen molar-refractivity contribution in [2.45, 2.75) is 17.4 Å². The van der Waals surface area contributed by atoms with Crippen LogP contribution in [0.1, 0.15) is 17.3 Å². The summed E-state index contributed by atoms with van der Waals surface area (Å²) < 4.78 is 82.4. The van der Waals surface area contributed by atoms with Gasteiger partial charge in [0.2, 0.25) is 0 Å².